The molecular formula is C13H16O5. The second-order valence-electron chi connectivity index (χ2n) is 3.91. The molecule has 1 atom stereocenters. The Bertz CT molecular complexity index is 410. The third-order valence-electron chi connectivity index (χ3n) is 2.43. The van der Waals surface area contributed by atoms with Crippen LogP contribution in [0.15, 0.2) is 24.3 Å². The van der Waals surface area contributed by atoms with E-state index in [1.54, 1.807) is 24.3 Å². The molecule has 0 aliphatic carbocycles. The Kier molecular flexibility index (Phi) is 5.17. The van der Waals surface area contributed by atoms with Gasteiger partial charge in [0, 0.05) is 0 Å². The number of carboxylic acid groups (broad SMARTS) is 2. The van der Waals surface area contributed by atoms with Crippen molar-refractivity contribution in [2.24, 2.45) is 0 Å². The Morgan fingerprint density at radius 3 is 2.28 bits per heavy atom. The van der Waals surface area contributed by atoms with Gasteiger partial charge in [-0.05, 0) is 24.1 Å². The number of carbonyl (C=O) groups is 2. The van der Waals surface area contributed by atoms with E-state index in [2.05, 4.69) is 0 Å². The van der Waals surface area contributed by atoms with Crippen LogP contribution in [-0.4, -0.2) is 28.8 Å². The monoisotopic (exact) mass is 252 g/mol. The lowest BCUT2D eigenvalue weighted by molar-refractivity contribution is -0.145. The highest BCUT2D eigenvalue weighted by Crippen LogP contribution is 2.23. The lowest BCUT2D eigenvalue weighted by Gasteiger charge is -2.11. The molecule has 0 heterocycles. The summed E-state index contributed by atoms with van der Waals surface area (Å²) in [5, 5.41) is 17.7. The molecule has 0 fully saturated rings. The second kappa shape index (κ2) is 6.64. The molecule has 0 aliphatic rings. The van der Waals surface area contributed by atoms with E-state index in [1.165, 1.54) is 0 Å². The number of rotatable bonds is 7. The van der Waals surface area contributed by atoms with Crippen LogP contribution in [0.4, 0.5) is 0 Å². The van der Waals surface area contributed by atoms with Gasteiger partial charge in [-0.2, -0.15) is 0 Å². The minimum absolute atomic E-state index is 0.426. The summed E-state index contributed by atoms with van der Waals surface area (Å²) in [6.45, 7) is 2.58. The molecule has 5 heteroatoms. The highest BCUT2D eigenvalue weighted by atomic mass is 16.5. The molecule has 0 saturated carbocycles. The first-order valence-corrected chi connectivity index (χ1v) is 5.72. The number of hydrogen-bond donors (Lipinski definition) is 2. The molecule has 0 bridgehead atoms. The Morgan fingerprint density at radius 2 is 1.83 bits per heavy atom. The minimum Gasteiger partial charge on any atom is -0.494 e. The topological polar surface area (TPSA) is 83.8 Å². The van der Waals surface area contributed by atoms with Crippen molar-refractivity contribution >= 4 is 11.9 Å². The molecule has 0 amide bonds. The summed E-state index contributed by atoms with van der Waals surface area (Å²) < 4.78 is 5.37. The van der Waals surface area contributed by atoms with Crippen molar-refractivity contribution < 1.29 is 24.5 Å². The van der Waals surface area contributed by atoms with Gasteiger partial charge in [0.05, 0.1) is 18.9 Å². The molecule has 0 unspecified atom stereocenters. The molecule has 1 aromatic rings. The first-order chi connectivity index (χ1) is 8.54. The van der Waals surface area contributed by atoms with E-state index in [1.807, 2.05) is 6.92 Å². The number of carboxylic acids is 2. The highest BCUT2D eigenvalue weighted by Gasteiger charge is 2.22. The summed E-state index contributed by atoms with van der Waals surface area (Å²) in [6.07, 6.45) is 0.461. The minimum atomic E-state index is -1.14. The Morgan fingerprint density at radius 1 is 1.22 bits per heavy atom. The van der Waals surface area contributed by atoms with Gasteiger partial charge in [0.2, 0.25) is 0 Å². The van der Waals surface area contributed by atoms with Gasteiger partial charge in [0.15, 0.2) is 0 Å². The summed E-state index contributed by atoms with van der Waals surface area (Å²) in [5.74, 6) is -2.64. The van der Waals surface area contributed by atoms with Crippen molar-refractivity contribution in [3.8, 4) is 5.75 Å². The summed E-state index contributed by atoms with van der Waals surface area (Å²) in [4.78, 5) is 21.6. The fourth-order valence-electron chi connectivity index (χ4n) is 1.54. The first-order valence-electron chi connectivity index (χ1n) is 5.72. The molecule has 2 N–H and O–H groups in total. The lowest BCUT2D eigenvalue weighted by Crippen LogP contribution is -2.15. The third-order valence-corrected chi connectivity index (χ3v) is 2.43. The molecule has 0 radical (unpaired) electrons. The van der Waals surface area contributed by atoms with E-state index in [9.17, 15) is 9.59 Å². The predicted octanol–water partition coefficient (Wildman–Crippen LogP) is 2.12. The van der Waals surface area contributed by atoms with E-state index in [0.29, 0.717) is 17.9 Å². The van der Waals surface area contributed by atoms with Crippen LogP contribution in [0.25, 0.3) is 0 Å². The standard InChI is InChI=1S/C13H16O5/c1-2-7-18-10-5-3-9(4-6-10)11(13(16)17)8-12(14)15/h3-6,11H,2,7-8H2,1H3,(H,14,15)(H,16,17)/t11-/m1/s1. The maximum absolute atomic E-state index is 11.0. The highest BCUT2D eigenvalue weighted by molar-refractivity contribution is 5.82. The quantitative estimate of drug-likeness (QED) is 0.776. The van der Waals surface area contributed by atoms with E-state index in [-0.39, 0.29) is 0 Å². The fraction of sp³-hybridized carbons (Fsp3) is 0.385. The molecule has 18 heavy (non-hydrogen) atoms. The molecule has 1 rings (SSSR count). The van der Waals surface area contributed by atoms with Crippen LogP contribution in [0.2, 0.25) is 0 Å². The SMILES string of the molecule is CCCOc1ccc([C@@H](CC(=O)O)C(=O)O)cc1. The van der Waals surface area contributed by atoms with Crippen molar-refractivity contribution in [3.05, 3.63) is 29.8 Å². The Labute approximate surface area is 105 Å². The lowest BCUT2D eigenvalue weighted by atomic mass is 9.96. The zero-order chi connectivity index (χ0) is 13.5. The van der Waals surface area contributed by atoms with Crippen molar-refractivity contribution in [2.45, 2.75) is 25.7 Å². The van der Waals surface area contributed by atoms with Gasteiger partial charge in [-0.1, -0.05) is 19.1 Å². The van der Waals surface area contributed by atoms with Gasteiger partial charge in [0.25, 0.3) is 0 Å². The third kappa shape index (κ3) is 4.08. The van der Waals surface area contributed by atoms with E-state index < -0.39 is 24.3 Å². The average Bonchev–Trinajstić information content (AvgIpc) is 2.34. The van der Waals surface area contributed by atoms with Gasteiger partial charge in [-0.15, -0.1) is 0 Å². The molecule has 98 valence electrons. The van der Waals surface area contributed by atoms with Crippen LogP contribution in [0, 0.1) is 0 Å². The summed E-state index contributed by atoms with van der Waals surface area (Å²) in [5.41, 5.74) is 0.466. The largest absolute Gasteiger partial charge is 0.494 e. The molecule has 0 spiro atoms. The smallest absolute Gasteiger partial charge is 0.311 e. The Hall–Kier alpha value is -2.04. The second-order valence-corrected chi connectivity index (χ2v) is 3.91. The first kappa shape index (κ1) is 14.0. The number of ether oxygens (including phenoxy) is 1. The van der Waals surface area contributed by atoms with Crippen LogP contribution >= 0.6 is 0 Å². The average molecular weight is 252 g/mol. The summed E-state index contributed by atoms with van der Waals surface area (Å²) in [7, 11) is 0. The van der Waals surface area contributed by atoms with E-state index in [0.717, 1.165) is 6.42 Å². The van der Waals surface area contributed by atoms with E-state index in [4.69, 9.17) is 14.9 Å². The molecular weight excluding hydrogens is 236 g/mol. The van der Waals surface area contributed by atoms with Crippen LogP contribution < -0.4 is 4.74 Å². The number of hydrogen-bond acceptors (Lipinski definition) is 3. The van der Waals surface area contributed by atoms with Crippen LogP contribution in [-0.2, 0) is 9.59 Å². The van der Waals surface area contributed by atoms with Gasteiger partial charge >= 0.3 is 11.9 Å². The number of benzene rings is 1. The van der Waals surface area contributed by atoms with Gasteiger partial charge in [-0.3, -0.25) is 9.59 Å². The van der Waals surface area contributed by atoms with Crippen molar-refractivity contribution in [1.82, 2.24) is 0 Å². The van der Waals surface area contributed by atoms with Crippen LogP contribution in [0.1, 0.15) is 31.2 Å². The summed E-state index contributed by atoms with van der Waals surface area (Å²) in [6, 6.07) is 6.49. The van der Waals surface area contributed by atoms with Crippen LogP contribution in [0.5, 0.6) is 5.75 Å². The zero-order valence-corrected chi connectivity index (χ0v) is 10.1. The molecule has 0 aliphatic heterocycles. The predicted molar refractivity (Wildman–Crippen MR) is 64.9 cm³/mol. The van der Waals surface area contributed by atoms with E-state index >= 15 is 0 Å². The van der Waals surface area contributed by atoms with Gasteiger partial charge in [-0.25, -0.2) is 0 Å². The normalized spacial score (nSPS) is 11.8. The Balaban J connectivity index is 2.80. The maximum atomic E-state index is 11.0. The fourth-order valence-corrected chi connectivity index (χ4v) is 1.54. The molecule has 5 nitrogen and oxygen atoms in total. The molecule has 0 saturated heterocycles. The number of aliphatic carboxylic acids is 2. The van der Waals surface area contributed by atoms with Gasteiger partial charge in [0.1, 0.15) is 5.75 Å². The maximum Gasteiger partial charge on any atom is 0.311 e. The summed E-state index contributed by atoms with van der Waals surface area (Å²) >= 11 is 0. The zero-order valence-electron chi connectivity index (χ0n) is 10.1. The van der Waals surface area contributed by atoms with Gasteiger partial charge < -0.3 is 14.9 Å². The molecule has 1 aromatic carbocycles. The van der Waals surface area contributed by atoms with Crippen molar-refractivity contribution in [3.63, 3.8) is 0 Å². The van der Waals surface area contributed by atoms with Crippen molar-refractivity contribution in [1.29, 1.82) is 0 Å². The molecule has 0 aromatic heterocycles. The van der Waals surface area contributed by atoms with Crippen LogP contribution in [0.3, 0.4) is 0 Å². The van der Waals surface area contributed by atoms with Crippen molar-refractivity contribution in [2.75, 3.05) is 6.61 Å².